The van der Waals surface area contributed by atoms with Crippen LogP contribution in [0, 0.1) is 5.92 Å². The molecule has 0 fully saturated rings. The topological polar surface area (TPSA) is 26.3 Å². The van der Waals surface area contributed by atoms with Crippen molar-refractivity contribution in [3.05, 3.63) is 0 Å². The molecule has 0 aliphatic heterocycles. The molecule has 0 aliphatic carbocycles. The first kappa shape index (κ1) is 8.76. The molecular formula is C6H11ClO2. The standard InChI is InChI=1S/C6H11ClO2/c1-3-5(2)4-6(8)9-7/h5H,3-4H2,1-2H3. The van der Waals surface area contributed by atoms with Crippen LogP contribution < -0.4 is 0 Å². The van der Waals surface area contributed by atoms with E-state index in [0.717, 1.165) is 6.42 Å². The highest BCUT2D eigenvalue weighted by atomic mass is 35.5. The zero-order valence-corrected chi connectivity index (χ0v) is 6.44. The van der Waals surface area contributed by atoms with Crippen LogP contribution in [0.5, 0.6) is 0 Å². The van der Waals surface area contributed by atoms with E-state index in [1.165, 1.54) is 0 Å². The van der Waals surface area contributed by atoms with Crippen molar-refractivity contribution in [3.8, 4) is 0 Å². The molecule has 0 radical (unpaired) electrons. The molecule has 0 saturated carbocycles. The lowest BCUT2D eigenvalue weighted by Gasteiger charge is -2.02. The van der Waals surface area contributed by atoms with E-state index in [0.29, 0.717) is 12.3 Å². The third kappa shape index (κ3) is 4.28. The van der Waals surface area contributed by atoms with Gasteiger partial charge in [0.1, 0.15) is 11.9 Å². The Morgan fingerprint density at radius 2 is 2.33 bits per heavy atom. The second-order valence-corrected chi connectivity index (χ2v) is 2.32. The smallest absolute Gasteiger partial charge is 0.325 e. The first-order valence-electron chi connectivity index (χ1n) is 3.02. The number of hydrogen-bond acceptors (Lipinski definition) is 2. The molecular weight excluding hydrogens is 140 g/mol. The fourth-order valence-electron chi connectivity index (χ4n) is 0.460. The minimum absolute atomic E-state index is 0.342. The Morgan fingerprint density at radius 1 is 1.78 bits per heavy atom. The zero-order chi connectivity index (χ0) is 7.28. The molecule has 0 heterocycles. The summed E-state index contributed by atoms with van der Waals surface area (Å²) in [7, 11) is 0. The Morgan fingerprint density at radius 3 is 2.67 bits per heavy atom. The fourth-order valence-corrected chi connectivity index (χ4v) is 0.523. The Hall–Kier alpha value is -0.240. The molecule has 0 bridgehead atoms. The molecule has 0 N–H and O–H groups in total. The maximum absolute atomic E-state index is 10.4. The van der Waals surface area contributed by atoms with Gasteiger partial charge in [-0.1, -0.05) is 20.3 Å². The molecule has 0 aromatic heterocycles. The van der Waals surface area contributed by atoms with Gasteiger partial charge in [-0.3, -0.25) is 4.79 Å². The normalized spacial score (nSPS) is 12.8. The predicted octanol–water partition coefficient (Wildman–Crippen LogP) is 2.12. The van der Waals surface area contributed by atoms with E-state index in [4.69, 9.17) is 11.9 Å². The van der Waals surface area contributed by atoms with Gasteiger partial charge in [0.2, 0.25) is 0 Å². The summed E-state index contributed by atoms with van der Waals surface area (Å²) < 4.78 is 3.96. The lowest BCUT2D eigenvalue weighted by Crippen LogP contribution is -2.03. The molecule has 0 spiro atoms. The molecule has 2 nitrogen and oxygen atoms in total. The first-order chi connectivity index (χ1) is 4.20. The Kier molecular flexibility index (Phi) is 4.50. The van der Waals surface area contributed by atoms with Crippen molar-refractivity contribution in [2.45, 2.75) is 26.7 Å². The molecule has 0 aromatic rings. The third-order valence-electron chi connectivity index (χ3n) is 1.30. The second kappa shape index (κ2) is 4.62. The highest BCUT2D eigenvalue weighted by Crippen LogP contribution is 2.07. The highest BCUT2D eigenvalue weighted by Gasteiger charge is 2.06. The van der Waals surface area contributed by atoms with Crippen LogP contribution in [0.1, 0.15) is 26.7 Å². The monoisotopic (exact) mass is 150 g/mol. The van der Waals surface area contributed by atoms with Crippen molar-refractivity contribution in [2.24, 2.45) is 5.92 Å². The van der Waals surface area contributed by atoms with E-state index in [1.54, 1.807) is 0 Å². The molecule has 1 unspecified atom stereocenters. The van der Waals surface area contributed by atoms with Gasteiger partial charge in [-0.05, 0) is 5.92 Å². The molecule has 0 aliphatic rings. The molecule has 9 heavy (non-hydrogen) atoms. The highest BCUT2D eigenvalue weighted by molar-refractivity contribution is 6.13. The molecule has 0 saturated heterocycles. The van der Waals surface area contributed by atoms with Crippen LogP contribution in [0.2, 0.25) is 0 Å². The Bertz CT molecular complexity index is 93.1. The predicted molar refractivity (Wildman–Crippen MR) is 36.0 cm³/mol. The van der Waals surface area contributed by atoms with Crippen LogP contribution in [-0.2, 0) is 9.08 Å². The van der Waals surface area contributed by atoms with E-state index < -0.39 is 0 Å². The fraction of sp³-hybridized carbons (Fsp3) is 0.833. The number of carbonyl (C=O) groups is 1. The lowest BCUT2D eigenvalue weighted by atomic mass is 10.1. The van der Waals surface area contributed by atoms with Gasteiger partial charge in [0.25, 0.3) is 0 Å². The molecule has 0 amide bonds. The minimum Gasteiger partial charge on any atom is -0.348 e. The van der Waals surface area contributed by atoms with Gasteiger partial charge in [0.05, 0.1) is 0 Å². The van der Waals surface area contributed by atoms with Crippen molar-refractivity contribution in [3.63, 3.8) is 0 Å². The van der Waals surface area contributed by atoms with E-state index in [2.05, 4.69) is 4.29 Å². The quantitative estimate of drug-likeness (QED) is 0.616. The van der Waals surface area contributed by atoms with Crippen LogP contribution in [0.3, 0.4) is 0 Å². The van der Waals surface area contributed by atoms with Crippen molar-refractivity contribution in [1.82, 2.24) is 0 Å². The van der Waals surface area contributed by atoms with Gasteiger partial charge in [-0.15, -0.1) is 0 Å². The number of hydrogen-bond donors (Lipinski definition) is 0. The molecule has 1 atom stereocenters. The summed E-state index contributed by atoms with van der Waals surface area (Å²) in [5.41, 5.74) is 0. The van der Waals surface area contributed by atoms with Gasteiger partial charge in [0.15, 0.2) is 0 Å². The Balaban J connectivity index is 3.34. The van der Waals surface area contributed by atoms with Gasteiger partial charge in [0, 0.05) is 6.42 Å². The van der Waals surface area contributed by atoms with Crippen LogP contribution in [0.15, 0.2) is 0 Å². The van der Waals surface area contributed by atoms with Crippen molar-refractivity contribution < 1.29 is 9.08 Å². The number of rotatable bonds is 3. The van der Waals surface area contributed by atoms with E-state index in [9.17, 15) is 4.79 Å². The summed E-state index contributed by atoms with van der Waals surface area (Å²) in [5.74, 6) is 0.0299. The van der Waals surface area contributed by atoms with Crippen LogP contribution in [0.4, 0.5) is 0 Å². The summed E-state index contributed by atoms with van der Waals surface area (Å²) in [5, 5.41) is 0. The first-order valence-corrected chi connectivity index (χ1v) is 3.33. The summed E-state index contributed by atoms with van der Waals surface area (Å²) in [4.78, 5) is 10.4. The SMILES string of the molecule is CCC(C)CC(=O)OCl. The molecule has 0 rings (SSSR count). The number of halogens is 1. The van der Waals surface area contributed by atoms with E-state index in [-0.39, 0.29) is 5.97 Å². The zero-order valence-electron chi connectivity index (χ0n) is 5.69. The molecule has 54 valence electrons. The van der Waals surface area contributed by atoms with Crippen molar-refractivity contribution >= 4 is 17.8 Å². The van der Waals surface area contributed by atoms with E-state index >= 15 is 0 Å². The number of carbonyl (C=O) groups excluding carboxylic acids is 1. The van der Waals surface area contributed by atoms with Gasteiger partial charge in [-0.2, -0.15) is 0 Å². The maximum Gasteiger partial charge on any atom is 0.325 e. The largest absolute Gasteiger partial charge is 0.348 e. The second-order valence-electron chi connectivity index (χ2n) is 2.17. The summed E-state index contributed by atoms with van der Waals surface area (Å²) in [6, 6.07) is 0. The lowest BCUT2D eigenvalue weighted by molar-refractivity contribution is -0.134. The van der Waals surface area contributed by atoms with Crippen molar-refractivity contribution in [2.75, 3.05) is 0 Å². The van der Waals surface area contributed by atoms with Crippen molar-refractivity contribution in [1.29, 1.82) is 0 Å². The van der Waals surface area contributed by atoms with Gasteiger partial charge >= 0.3 is 5.97 Å². The van der Waals surface area contributed by atoms with Gasteiger partial charge in [-0.25, -0.2) is 0 Å². The molecule has 3 heteroatoms. The third-order valence-corrected chi connectivity index (χ3v) is 1.47. The van der Waals surface area contributed by atoms with Crippen LogP contribution >= 0.6 is 11.9 Å². The van der Waals surface area contributed by atoms with Gasteiger partial charge < -0.3 is 4.29 Å². The summed E-state index contributed by atoms with van der Waals surface area (Å²) >= 11 is 4.80. The average Bonchev–Trinajstić information content (AvgIpc) is 1.87. The minimum atomic E-state index is -0.342. The van der Waals surface area contributed by atoms with Crippen LogP contribution in [0.25, 0.3) is 0 Å². The molecule has 0 aromatic carbocycles. The maximum atomic E-state index is 10.4. The summed E-state index contributed by atoms with van der Waals surface area (Å²) in [6.07, 6.45) is 1.39. The average molecular weight is 151 g/mol. The van der Waals surface area contributed by atoms with E-state index in [1.807, 2.05) is 13.8 Å². The summed E-state index contributed by atoms with van der Waals surface area (Å²) in [6.45, 7) is 4.00. The van der Waals surface area contributed by atoms with Crippen LogP contribution in [-0.4, -0.2) is 5.97 Å². The Labute approximate surface area is 60.3 Å².